The zero-order valence-electron chi connectivity index (χ0n) is 12.7. The Labute approximate surface area is 158 Å². The van der Waals surface area contributed by atoms with Gasteiger partial charge in [-0.05, 0) is 18.0 Å². The molecule has 0 fully saturated rings. The Kier molecular flexibility index (Phi) is 7.95. The van der Waals surface area contributed by atoms with Crippen molar-refractivity contribution in [1.82, 2.24) is 0 Å². The van der Waals surface area contributed by atoms with Crippen LogP contribution in [0.15, 0.2) is 0 Å². The maximum Gasteiger partial charge on any atom is 0.393 e. The second kappa shape index (κ2) is 7.90. The first-order chi connectivity index (χ1) is 11.2. The first kappa shape index (κ1) is 26.2. The predicted octanol–water partition coefficient (Wildman–Crippen LogP) is 7.38. The van der Waals surface area contributed by atoms with E-state index >= 15 is 0 Å². The molecule has 0 saturated heterocycles. The molecule has 0 aromatic rings. The van der Waals surface area contributed by atoms with E-state index in [1.54, 1.807) is 6.92 Å². The van der Waals surface area contributed by atoms with E-state index < -0.39 is 45.3 Å². The molecular weight excluding hydrogens is 534 g/mol. The molecule has 0 bridgehead atoms. The fraction of sp³-hybridized carbons (Fsp3) is 1.00. The van der Waals surface area contributed by atoms with Gasteiger partial charge in [0, 0.05) is 10.3 Å². The summed E-state index contributed by atoms with van der Waals surface area (Å²) in [6.07, 6.45) is -1.62. The van der Waals surface area contributed by atoms with E-state index in [0.29, 0.717) is 6.42 Å². The van der Waals surface area contributed by atoms with Gasteiger partial charge in [-0.3, -0.25) is 0 Å². The van der Waals surface area contributed by atoms with E-state index in [-0.39, 0.29) is 12.8 Å². The molecule has 0 N–H and O–H groups in total. The van der Waals surface area contributed by atoms with Crippen molar-refractivity contribution in [1.29, 1.82) is 0 Å². The van der Waals surface area contributed by atoms with Crippen molar-refractivity contribution in [2.45, 2.75) is 71.5 Å². The van der Waals surface area contributed by atoms with Gasteiger partial charge in [-0.1, -0.05) is 42.4 Å². The topological polar surface area (TPSA) is 0 Å². The third-order valence-electron chi connectivity index (χ3n) is 3.35. The van der Waals surface area contributed by atoms with Crippen LogP contribution in [0.2, 0.25) is 0 Å². The van der Waals surface area contributed by atoms with Crippen molar-refractivity contribution >= 4 is 34.2 Å². The van der Waals surface area contributed by atoms with Crippen LogP contribution in [0.1, 0.15) is 32.6 Å². The van der Waals surface area contributed by atoms with E-state index in [2.05, 4.69) is 11.6 Å². The summed E-state index contributed by atoms with van der Waals surface area (Å²) in [5.74, 6) is -35.3. The highest BCUT2D eigenvalue weighted by Gasteiger charge is 2.89. The van der Waals surface area contributed by atoms with Crippen molar-refractivity contribution < 1.29 is 52.7 Å². The quantitative estimate of drug-likeness (QED) is 0.152. The Balaban J connectivity index is 5.92. The third kappa shape index (κ3) is 4.43. The lowest BCUT2D eigenvalue weighted by molar-refractivity contribution is -0.417. The largest absolute Gasteiger partial charge is 0.393 e. The first-order valence-corrected chi connectivity index (χ1v) is 8.43. The molecule has 158 valence electrons. The molecule has 0 nitrogen and oxygen atoms in total. The zero-order chi connectivity index (χ0) is 21.4. The van der Waals surface area contributed by atoms with Gasteiger partial charge in [0.05, 0.1) is 0 Å². The highest BCUT2D eigenvalue weighted by Crippen LogP contribution is 2.61. The second-order valence-electron chi connectivity index (χ2n) is 5.44. The Bertz CT molecular complexity index is 473. The normalized spacial score (nSPS) is 16.7. The molecule has 1 atom stereocenters. The molecule has 0 aromatic heterocycles. The van der Waals surface area contributed by atoms with Gasteiger partial charge in [0.25, 0.3) is 0 Å². The summed E-state index contributed by atoms with van der Waals surface area (Å²) in [5, 5.41) is -6.40. The number of halogens is 14. The van der Waals surface area contributed by atoms with Gasteiger partial charge in [-0.2, -0.15) is 52.7 Å². The van der Waals surface area contributed by atoms with Crippen molar-refractivity contribution in [2.24, 2.45) is 0 Å². The van der Waals surface area contributed by atoms with Gasteiger partial charge in [0.1, 0.15) is 0 Å². The van der Waals surface area contributed by atoms with Crippen LogP contribution in [0.3, 0.4) is 0 Å². The van der Waals surface area contributed by atoms with Gasteiger partial charge in [-0.15, -0.1) is 0 Å². The van der Waals surface area contributed by atoms with E-state index in [4.69, 9.17) is 0 Å². The standard InChI is InChI=1S/C12H12ClF12I/c1-2-3-4-6(26)5-7(14,15)8(16,17)9(18,19)10(20,21)11(22,23)12(13,24)25/h6H,2-5H2,1H3. The van der Waals surface area contributed by atoms with E-state index in [1.165, 1.54) is 22.6 Å². The average Bonchev–Trinajstić information content (AvgIpc) is 2.42. The van der Waals surface area contributed by atoms with Crippen LogP contribution in [-0.4, -0.2) is 38.9 Å². The average molecular weight is 547 g/mol. The minimum atomic E-state index is -7.58. The van der Waals surface area contributed by atoms with Crippen LogP contribution in [-0.2, 0) is 0 Å². The van der Waals surface area contributed by atoms with E-state index in [0.717, 1.165) is 0 Å². The fourth-order valence-electron chi connectivity index (χ4n) is 1.74. The molecule has 0 rings (SSSR count). The molecule has 0 heterocycles. The Morgan fingerprint density at radius 1 is 0.731 bits per heavy atom. The number of alkyl halides is 14. The van der Waals surface area contributed by atoms with Crippen LogP contribution in [0.4, 0.5) is 52.7 Å². The summed E-state index contributed by atoms with van der Waals surface area (Å²) in [5.41, 5.74) is 0. The van der Waals surface area contributed by atoms with Crippen LogP contribution < -0.4 is 0 Å². The van der Waals surface area contributed by atoms with Crippen LogP contribution in [0, 0.1) is 0 Å². The molecule has 0 amide bonds. The van der Waals surface area contributed by atoms with Gasteiger partial charge in [-0.25, -0.2) is 0 Å². The summed E-state index contributed by atoms with van der Waals surface area (Å²) >= 11 is 4.76. The lowest BCUT2D eigenvalue weighted by atomic mass is 9.91. The van der Waals surface area contributed by atoms with Crippen molar-refractivity contribution in [2.75, 3.05) is 0 Å². The molecule has 0 saturated carbocycles. The van der Waals surface area contributed by atoms with Crippen molar-refractivity contribution in [3.05, 3.63) is 0 Å². The minimum Gasteiger partial charge on any atom is -0.200 e. The molecule has 0 aliphatic heterocycles. The molecule has 0 spiro atoms. The van der Waals surface area contributed by atoms with Crippen LogP contribution in [0.25, 0.3) is 0 Å². The number of hydrogen-bond acceptors (Lipinski definition) is 0. The fourth-order valence-corrected chi connectivity index (χ4v) is 2.85. The van der Waals surface area contributed by atoms with Gasteiger partial charge >= 0.3 is 35.0 Å². The maximum atomic E-state index is 13.6. The number of hydrogen-bond donors (Lipinski definition) is 0. The maximum absolute atomic E-state index is 13.6. The highest BCUT2D eigenvalue weighted by atomic mass is 127. The Hall–Kier alpha value is 0.180. The van der Waals surface area contributed by atoms with Gasteiger partial charge < -0.3 is 0 Å². The summed E-state index contributed by atoms with van der Waals surface area (Å²) in [4.78, 5) is 0. The molecule has 0 aliphatic carbocycles. The molecule has 14 heteroatoms. The zero-order valence-corrected chi connectivity index (χ0v) is 15.6. The molecule has 0 aliphatic rings. The van der Waals surface area contributed by atoms with Crippen molar-refractivity contribution in [3.63, 3.8) is 0 Å². The molecule has 0 radical (unpaired) electrons. The molecule has 26 heavy (non-hydrogen) atoms. The summed E-state index contributed by atoms with van der Waals surface area (Å²) < 4.78 is 156. The van der Waals surface area contributed by atoms with E-state index in [9.17, 15) is 52.7 Å². The number of unbranched alkanes of at least 4 members (excludes halogenated alkanes) is 1. The summed E-state index contributed by atoms with van der Waals surface area (Å²) in [6.45, 7) is 1.58. The second-order valence-corrected chi connectivity index (χ2v) is 7.68. The van der Waals surface area contributed by atoms with E-state index in [1.807, 2.05) is 0 Å². The highest BCUT2D eigenvalue weighted by molar-refractivity contribution is 14.1. The summed E-state index contributed by atoms with van der Waals surface area (Å²) in [7, 11) is 0. The van der Waals surface area contributed by atoms with Crippen LogP contribution >= 0.6 is 34.2 Å². The molecule has 1 unspecified atom stereocenters. The third-order valence-corrected chi connectivity index (χ3v) is 4.65. The SMILES string of the molecule is CCCCC(I)CC(F)(F)C(F)(F)C(F)(F)C(F)(F)C(F)(F)C(F)(F)Cl. The smallest absolute Gasteiger partial charge is 0.200 e. The summed E-state index contributed by atoms with van der Waals surface area (Å²) in [6, 6.07) is 0. The number of rotatable bonds is 10. The first-order valence-electron chi connectivity index (χ1n) is 6.80. The Morgan fingerprint density at radius 2 is 1.12 bits per heavy atom. The van der Waals surface area contributed by atoms with Crippen LogP contribution in [0.5, 0.6) is 0 Å². The Morgan fingerprint density at radius 3 is 1.46 bits per heavy atom. The van der Waals surface area contributed by atoms with Gasteiger partial charge in [0.2, 0.25) is 0 Å². The monoisotopic (exact) mass is 546 g/mol. The minimum absolute atomic E-state index is 0.180. The molecule has 0 aromatic carbocycles. The van der Waals surface area contributed by atoms with Crippen molar-refractivity contribution in [3.8, 4) is 0 Å². The van der Waals surface area contributed by atoms with Gasteiger partial charge in [0.15, 0.2) is 0 Å². The lowest BCUT2D eigenvalue weighted by Crippen LogP contribution is -2.70. The predicted molar refractivity (Wildman–Crippen MR) is 77.5 cm³/mol. The lowest BCUT2D eigenvalue weighted by Gasteiger charge is -2.40. The molecular formula is C12H12ClF12I.